The molecule has 0 aliphatic rings. The van der Waals surface area contributed by atoms with Crippen LogP contribution in [0.4, 0.5) is 0 Å². The van der Waals surface area contributed by atoms with E-state index in [9.17, 15) is 4.79 Å². The van der Waals surface area contributed by atoms with E-state index in [0.717, 1.165) is 11.1 Å². The maximum atomic E-state index is 11.7. The minimum atomic E-state index is -0.173. The zero-order chi connectivity index (χ0) is 14.2. The van der Waals surface area contributed by atoms with E-state index in [2.05, 4.69) is 15.3 Å². The third-order valence-corrected chi connectivity index (χ3v) is 2.63. The van der Waals surface area contributed by atoms with Crippen molar-refractivity contribution in [2.75, 3.05) is 7.11 Å². The Hall–Kier alpha value is -2.69. The number of nitrogens with one attached hydrogen (secondary N) is 1. The first kappa shape index (κ1) is 13.7. The molecule has 0 fully saturated rings. The highest BCUT2D eigenvalue weighted by molar-refractivity contribution is 5.91. The number of ether oxygens (including phenoxy) is 1. The Labute approximate surface area is 117 Å². The van der Waals surface area contributed by atoms with Gasteiger partial charge in [0.25, 0.3) is 0 Å². The van der Waals surface area contributed by atoms with Crippen molar-refractivity contribution < 1.29 is 9.53 Å². The van der Waals surface area contributed by atoms with E-state index in [4.69, 9.17) is 4.74 Å². The van der Waals surface area contributed by atoms with Crippen LogP contribution in [0.1, 0.15) is 11.1 Å². The summed E-state index contributed by atoms with van der Waals surface area (Å²) in [6.07, 6.45) is 8.22. The van der Waals surface area contributed by atoms with Crippen LogP contribution in [-0.2, 0) is 11.3 Å². The Bertz CT molecular complexity index is 597. The van der Waals surface area contributed by atoms with Gasteiger partial charge in [-0.05, 0) is 29.8 Å². The molecule has 2 heterocycles. The Morgan fingerprint density at radius 1 is 1.30 bits per heavy atom. The van der Waals surface area contributed by atoms with Crippen molar-refractivity contribution in [3.8, 4) is 5.88 Å². The molecule has 20 heavy (non-hydrogen) atoms. The zero-order valence-corrected chi connectivity index (χ0v) is 11.1. The van der Waals surface area contributed by atoms with E-state index in [1.807, 2.05) is 18.2 Å². The van der Waals surface area contributed by atoms with Crippen LogP contribution in [0.15, 0.2) is 48.9 Å². The van der Waals surface area contributed by atoms with Crippen molar-refractivity contribution in [1.29, 1.82) is 0 Å². The highest BCUT2D eigenvalue weighted by Gasteiger charge is 2.03. The first-order chi connectivity index (χ1) is 9.79. The summed E-state index contributed by atoms with van der Waals surface area (Å²) >= 11 is 0. The molecular formula is C15H15N3O2. The normalized spacial score (nSPS) is 10.4. The van der Waals surface area contributed by atoms with Crippen LogP contribution in [-0.4, -0.2) is 23.0 Å². The van der Waals surface area contributed by atoms with E-state index in [-0.39, 0.29) is 5.91 Å². The van der Waals surface area contributed by atoms with Crippen molar-refractivity contribution in [3.63, 3.8) is 0 Å². The lowest BCUT2D eigenvalue weighted by Gasteiger charge is -2.06. The lowest BCUT2D eigenvalue weighted by molar-refractivity contribution is -0.116. The Morgan fingerprint density at radius 2 is 2.10 bits per heavy atom. The van der Waals surface area contributed by atoms with Crippen molar-refractivity contribution >= 4 is 12.0 Å². The van der Waals surface area contributed by atoms with E-state index < -0.39 is 0 Å². The minimum Gasteiger partial charge on any atom is -0.481 e. The van der Waals surface area contributed by atoms with Crippen LogP contribution in [0.3, 0.4) is 0 Å². The lowest BCUT2D eigenvalue weighted by atomic mass is 10.2. The summed E-state index contributed by atoms with van der Waals surface area (Å²) in [5.74, 6) is 0.346. The number of amides is 1. The number of aromatic nitrogens is 2. The molecule has 5 heteroatoms. The number of methoxy groups -OCH3 is 1. The second kappa shape index (κ2) is 7.04. The number of hydrogen-bond acceptors (Lipinski definition) is 4. The highest BCUT2D eigenvalue weighted by atomic mass is 16.5. The van der Waals surface area contributed by atoms with Crippen LogP contribution in [0.2, 0.25) is 0 Å². The molecule has 2 aromatic rings. The van der Waals surface area contributed by atoms with Crippen LogP contribution in [0.25, 0.3) is 6.08 Å². The van der Waals surface area contributed by atoms with E-state index in [1.165, 1.54) is 6.08 Å². The summed E-state index contributed by atoms with van der Waals surface area (Å²) in [6, 6.07) is 7.32. The fourth-order valence-corrected chi connectivity index (χ4v) is 1.63. The molecule has 2 aromatic heterocycles. The molecule has 0 unspecified atom stereocenters. The topological polar surface area (TPSA) is 64.1 Å². The second-order valence-corrected chi connectivity index (χ2v) is 4.00. The molecule has 1 amide bonds. The number of carbonyl (C=O) groups is 1. The summed E-state index contributed by atoms with van der Waals surface area (Å²) in [5.41, 5.74) is 1.76. The van der Waals surface area contributed by atoms with Gasteiger partial charge in [0.05, 0.1) is 7.11 Å². The molecule has 0 bridgehead atoms. The van der Waals surface area contributed by atoms with Crippen LogP contribution < -0.4 is 10.1 Å². The van der Waals surface area contributed by atoms with Crippen LogP contribution in [0.5, 0.6) is 5.88 Å². The first-order valence-electron chi connectivity index (χ1n) is 6.13. The predicted octanol–water partition coefficient (Wildman–Crippen LogP) is 1.81. The van der Waals surface area contributed by atoms with Gasteiger partial charge >= 0.3 is 0 Å². The Balaban J connectivity index is 1.91. The number of carbonyl (C=O) groups excluding carboxylic acids is 1. The van der Waals surface area contributed by atoms with Gasteiger partial charge in [-0.25, -0.2) is 4.98 Å². The molecule has 0 aliphatic carbocycles. The number of pyridine rings is 2. The Kier molecular flexibility index (Phi) is 4.83. The predicted molar refractivity (Wildman–Crippen MR) is 75.9 cm³/mol. The van der Waals surface area contributed by atoms with Gasteiger partial charge in [-0.3, -0.25) is 9.78 Å². The summed E-state index contributed by atoms with van der Waals surface area (Å²) < 4.78 is 5.12. The van der Waals surface area contributed by atoms with Crippen LogP contribution in [0, 0.1) is 0 Å². The third kappa shape index (κ3) is 3.91. The maximum absolute atomic E-state index is 11.7. The molecule has 0 saturated carbocycles. The van der Waals surface area contributed by atoms with Crippen molar-refractivity contribution in [2.24, 2.45) is 0 Å². The average Bonchev–Trinajstić information content (AvgIpc) is 2.52. The molecule has 0 aromatic carbocycles. The number of hydrogen-bond donors (Lipinski definition) is 1. The van der Waals surface area contributed by atoms with E-state index in [0.29, 0.717) is 12.4 Å². The third-order valence-electron chi connectivity index (χ3n) is 2.63. The summed E-state index contributed by atoms with van der Waals surface area (Å²) in [4.78, 5) is 19.7. The molecule has 2 rings (SSSR count). The van der Waals surface area contributed by atoms with Gasteiger partial charge in [-0.15, -0.1) is 0 Å². The number of rotatable bonds is 5. The SMILES string of the molecule is COc1ncccc1CNC(=O)C=Cc1ccncc1. The van der Waals surface area contributed by atoms with Crippen molar-refractivity contribution in [3.05, 3.63) is 60.1 Å². The van der Waals surface area contributed by atoms with Gasteiger partial charge in [-0.2, -0.15) is 0 Å². The monoisotopic (exact) mass is 269 g/mol. The molecule has 0 saturated heterocycles. The summed E-state index contributed by atoms with van der Waals surface area (Å²) in [5, 5.41) is 2.78. The minimum absolute atomic E-state index is 0.173. The quantitative estimate of drug-likeness (QED) is 0.841. The first-order valence-corrected chi connectivity index (χ1v) is 6.13. The molecular weight excluding hydrogens is 254 g/mol. The second-order valence-electron chi connectivity index (χ2n) is 4.00. The van der Waals surface area contributed by atoms with Crippen molar-refractivity contribution in [1.82, 2.24) is 15.3 Å². The smallest absolute Gasteiger partial charge is 0.244 e. The fraction of sp³-hybridized carbons (Fsp3) is 0.133. The van der Waals surface area contributed by atoms with E-state index in [1.54, 1.807) is 37.8 Å². The molecule has 0 radical (unpaired) electrons. The van der Waals surface area contributed by atoms with Gasteiger partial charge in [0.15, 0.2) is 0 Å². The lowest BCUT2D eigenvalue weighted by Crippen LogP contribution is -2.20. The number of nitrogens with zero attached hydrogens (tertiary/aromatic N) is 2. The molecule has 0 aliphatic heterocycles. The van der Waals surface area contributed by atoms with E-state index >= 15 is 0 Å². The largest absolute Gasteiger partial charge is 0.481 e. The van der Waals surface area contributed by atoms with Gasteiger partial charge < -0.3 is 10.1 Å². The molecule has 102 valence electrons. The van der Waals surface area contributed by atoms with Gasteiger partial charge in [0, 0.05) is 36.8 Å². The van der Waals surface area contributed by atoms with Gasteiger partial charge in [0.2, 0.25) is 11.8 Å². The molecule has 0 spiro atoms. The van der Waals surface area contributed by atoms with Crippen molar-refractivity contribution in [2.45, 2.75) is 6.54 Å². The van der Waals surface area contributed by atoms with Gasteiger partial charge in [0.1, 0.15) is 0 Å². The molecule has 5 nitrogen and oxygen atoms in total. The molecule has 1 N–H and O–H groups in total. The van der Waals surface area contributed by atoms with Crippen LogP contribution >= 0.6 is 0 Å². The summed E-state index contributed by atoms with van der Waals surface area (Å²) in [6.45, 7) is 0.372. The zero-order valence-electron chi connectivity index (χ0n) is 11.1. The summed E-state index contributed by atoms with van der Waals surface area (Å²) in [7, 11) is 1.55. The average molecular weight is 269 g/mol. The standard InChI is InChI=1S/C15H15N3O2/c1-20-15-13(3-2-8-17-15)11-18-14(19)5-4-12-6-9-16-10-7-12/h2-10H,11H2,1H3,(H,18,19). The van der Waals surface area contributed by atoms with Gasteiger partial charge in [-0.1, -0.05) is 6.07 Å². The maximum Gasteiger partial charge on any atom is 0.244 e. The Morgan fingerprint density at radius 3 is 2.85 bits per heavy atom. The fourth-order valence-electron chi connectivity index (χ4n) is 1.63. The highest BCUT2D eigenvalue weighted by Crippen LogP contribution is 2.12. The molecule has 0 atom stereocenters.